The highest BCUT2D eigenvalue weighted by Gasteiger charge is 2.30. The lowest BCUT2D eigenvalue weighted by molar-refractivity contribution is -0.117. The van der Waals surface area contributed by atoms with Gasteiger partial charge in [0, 0.05) is 19.0 Å². The van der Waals surface area contributed by atoms with Crippen LogP contribution in [0.5, 0.6) is 0 Å². The molecule has 1 aliphatic carbocycles. The van der Waals surface area contributed by atoms with Crippen molar-refractivity contribution in [2.75, 3.05) is 11.4 Å². The van der Waals surface area contributed by atoms with Gasteiger partial charge in [-0.1, -0.05) is 54.6 Å². The normalized spacial score (nSPS) is 19.4. The van der Waals surface area contributed by atoms with Crippen molar-refractivity contribution in [1.29, 1.82) is 0 Å². The maximum atomic E-state index is 13.5. The highest BCUT2D eigenvalue weighted by molar-refractivity contribution is 5.91. The van der Waals surface area contributed by atoms with E-state index in [1.807, 2.05) is 42.5 Å². The van der Waals surface area contributed by atoms with Crippen LogP contribution in [0.15, 0.2) is 72.8 Å². The molecule has 25 heavy (non-hydrogen) atoms. The van der Waals surface area contributed by atoms with Gasteiger partial charge < -0.3 is 10.0 Å². The molecule has 0 aromatic heterocycles. The third-order valence-electron chi connectivity index (χ3n) is 4.29. The van der Waals surface area contributed by atoms with Crippen molar-refractivity contribution in [3.8, 4) is 0 Å². The van der Waals surface area contributed by atoms with E-state index in [0.717, 1.165) is 11.1 Å². The molecule has 0 heterocycles. The molecule has 0 saturated carbocycles. The van der Waals surface area contributed by atoms with Crippen LogP contribution in [0.1, 0.15) is 18.9 Å². The maximum absolute atomic E-state index is 13.5. The van der Waals surface area contributed by atoms with E-state index < -0.39 is 11.4 Å². The highest BCUT2D eigenvalue weighted by atomic mass is 19.1. The van der Waals surface area contributed by atoms with Crippen molar-refractivity contribution in [1.82, 2.24) is 0 Å². The SMILES string of the molecule is CC(=O)N(CC1(O)C=CC(c2ccccc2)=CC1)c1cccc(F)c1. The number of nitrogens with zero attached hydrogens (tertiary/aromatic N) is 1. The number of rotatable bonds is 4. The number of carbonyl (C=O) groups is 1. The summed E-state index contributed by atoms with van der Waals surface area (Å²) in [6, 6.07) is 15.7. The summed E-state index contributed by atoms with van der Waals surface area (Å²) >= 11 is 0. The summed E-state index contributed by atoms with van der Waals surface area (Å²) in [5.41, 5.74) is 1.36. The molecule has 1 atom stereocenters. The molecule has 3 nitrogen and oxygen atoms in total. The summed E-state index contributed by atoms with van der Waals surface area (Å²) in [4.78, 5) is 13.4. The Hall–Kier alpha value is -2.72. The Balaban J connectivity index is 1.79. The third kappa shape index (κ3) is 4.03. The van der Waals surface area contributed by atoms with Crippen LogP contribution in [0, 0.1) is 5.82 Å². The summed E-state index contributed by atoms with van der Waals surface area (Å²) in [6.07, 6.45) is 5.92. The van der Waals surface area contributed by atoms with Gasteiger partial charge in [-0.05, 0) is 29.3 Å². The molecule has 128 valence electrons. The van der Waals surface area contributed by atoms with E-state index in [4.69, 9.17) is 0 Å². The van der Waals surface area contributed by atoms with Gasteiger partial charge in [0.2, 0.25) is 5.91 Å². The van der Waals surface area contributed by atoms with Crippen molar-refractivity contribution in [2.45, 2.75) is 18.9 Å². The standard InChI is InChI=1S/C21H20FNO2/c1-16(24)23(20-9-5-8-19(22)14-20)15-21(25)12-10-18(11-13-21)17-6-3-2-4-7-17/h2-12,14,25H,13,15H2,1H3. The molecular formula is C21H20FNO2. The zero-order valence-corrected chi connectivity index (χ0v) is 14.0. The first-order valence-corrected chi connectivity index (χ1v) is 8.18. The molecule has 4 heteroatoms. The van der Waals surface area contributed by atoms with Gasteiger partial charge in [-0.25, -0.2) is 4.39 Å². The topological polar surface area (TPSA) is 40.5 Å². The molecule has 3 rings (SSSR count). The van der Waals surface area contributed by atoms with E-state index in [1.165, 1.54) is 24.0 Å². The van der Waals surface area contributed by atoms with Gasteiger partial charge in [-0.15, -0.1) is 0 Å². The Morgan fingerprint density at radius 1 is 1.20 bits per heavy atom. The lowest BCUT2D eigenvalue weighted by Gasteiger charge is -2.33. The molecule has 0 radical (unpaired) electrons. The number of hydrogen-bond acceptors (Lipinski definition) is 2. The first-order valence-electron chi connectivity index (χ1n) is 8.18. The summed E-state index contributed by atoms with van der Waals surface area (Å²) in [5, 5.41) is 10.9. The van der Waals surface area contributed by atoms with E-state index in [0.29, 0.717) is 12.1 Å². The van der Waals surface area contributed by atoms with E-state index in [2.05, 4.69) is 0 Å². The van der Waals surface area contributed by atoms with Gasteiger partial charge in [0.15, 0.2) is 0 Å². The average Bonchev–Trinajstić information content (AvgIpc) is 2.61. The van der Waals surface area contributed by atoms with Crippen LogP contribution in [0.3, 0.4) is 0 Å². The average molecular weight is 337 g/mol. The quantitative estimate of drug-likeness (QED) is 0.917. The van der Waals surface area contributed by atoms with Gasteiger partial charge >= 0.3 is 0 Å². The molecule has 0 spiro atoms. The minimum atomic E-state index is -1.18. The fourth-order valence-corrected chi connectivity index (χ4v) is 2.93. The smallest absolute Gasteiger partial charge is 0.223 e. The monoisotopic (exact) mass is 337 g/mol. The second-order valence-electron chi connectivity index (χ2n) is 6.25. The van der Waals surface area contributed by atoms with Crippen LogP contribution in [0.4, 0.5) is 10.1 Å². The number of anilines is 1. The Morgan fingerprint density at radius 3 is 2.56 bits per heavy atom. The number of amides is 1. The predicted molar refractivity (Wildman–Crippen MR) is 97.6 cm³/mol. The zero-order chi connectivity index (χ0) is 17.9. The fourth-order valence-electron chi connectivity index (χ4n) is 2.93. The molecule has 2 aromatic carbocycles. The molecule has 1 amide bonds. The highest BCUT2D eigenvalue weighted by Crippen LogP contribution is 2.29. The summed E-state index contributed by atoms with van der Waals surface area (Å²) in [6.45, 7) is 1.48. The molecule has 0 saturated heterocycles. The van der Waals surface area contributed by atoms with Crippen LogP contribution in [0.2, 0.25) is 0 Å². The lowest BCUT2D eigenvalue weighted by Crippen LogP contribution is -2.44. The van der Waals surface area contributed by atoms with Crippen LogP contribution in [-0.2, 0) is 4.79 Å². The van der Waals surface area contributed by atoms with Gasteiger partial charge in [-0.3, -0.25) is 4.79 Å². The summed E-state index contributed by atoms with van der Waals surface area (Å²) in [5.74, 6) is -0.661. The van der Waals surface area contributed by atoms with Gasteiger partial charge in [0.1, 0.15) is 11.4 Å². The molecule has 0 bridgehead atoms. The minimum Gasteiger partial charge on any atom is -0.384 e. The molecular weight excluding hydrogens is 317 g/mol. The van der Waals surface area contributed by atoms with Gasteiger partial charge in [-0.2, -0.15) is 0 Å². The maximum Gasteiger partial charge on any atom is 0.223 e. The fraction of sp³-hybridized carbons (Fsp3) is 0.190. The van der Waals surface area contributed by atoms with Gasteiger partial charge in [0.25, 0.3) is 0 Å². The molecule has 1 aliphatic rings. The van der Waals surface area contributed by atoms with Crippen LogP contribution >= 0.6 is 0 Å². The molecule has 1 unspecified atom stereocenters. The zero-order valence-electron chi connectivity index (χ0n) is 14.0. The van der Waals surface area contributed by atoms with Crippen LogP contribution in [0.25, 0.3) is 5.57 Å². The first kappa shape index (κ1) is 17.1. The number of hydrogen-bond donors (Lipinski definition) is 1. The van der Waals surface area contributed by atoms with Crippen molar-refractivity contribution >= 4 is 17.2 Å². The molecule has 0 fully saturated rings. The number of carbonyl (C=O) groups excluding carboxylic acids is 1. The Labute approximate surface area is 146 Å². The Bertz CT molecular complexity index is 829. The van der Waals surface area contributed by atoms with E-state index in [-0.39, 0.29) is 12.5 Å². The number of allylic oxidation sites excluding steroid dienone is 2. The lowest BCUT2D eigenvalue weighted by atomic mass is 9.89. The Morgan fingerprint density at radius 2 is 1.96 bits per heavy atom. The Kier molecular flexibility index (Phi) is 4.81. The molecule has 1 N–H and O–H groups in total. The van der Waals surface area contributed by atoms with E-state index in [9.17, 15) is 14.3 Å². The van der Waals surface area contributed by atoms with Crippen molar-refractivity contribution in [3.63, 3.8) is 0 Å². The molecule has 2 aromatic rings. The van der Waals surface area contributed by atoms with E-state index in [1.54, 1.807) is 18.2 Å². The number of benzene rings is 2. The second kappa shape index (κ2) is 7.03. The van der Waals surface area contributed by atoms with Crippen molar-refractivity contribution < 1.29 is 14.3 Å². The minimum absolute atomic E-state index is 0.0703. The number of halogens is 1. The van der Waals surface area contributed by atoms with Crippen LogP contribution in [-0.4, -0.2) is 23.2 Å². The third-order valence-corrected chi connectivity index (χ3v) is 4.29. The largest absolute Gasteiger partial charge is 0.384 e. The van der Waals surface area contributed by atoms with E-state index >= 15 is 0 Å². The van der Waals surface area contributed by atoms with Crippen molar-refractivity contribution in [2.24, 2.45) is 0 Å². The predicted octanol–water partition coefficient (Wildman–Crippen LogP) is 3.95. The molecule has 0 aliphatic heterocycles. The van der Waals surface area contributed by atoms with Crippen molar-refractivity contribution in [3.05, 3.63) is 84.2 Å². The number of aliphatic hydroxyl groups is 1. The van der Waals surface area contributed by atoms with Crippen LogP contribution < -0.4 is 4.90 Å². The summed E-state index contributed by atoms with van der Waals surface area (Å²) < 4.78 is 13.5. The summed E-state index contributed by atoms with van der Waals surface area (Å²) in [7, 11) is 0. The second-order valence-corrected chi connectivity index (χ2v) is 6.25. The van der Waals surface area contributed by atoms with Gasteiger partial charge in [0.05, 0.1) is 6.54 Å². The first-order chi connectivity index (χ1) is 12.0.